The molecule has 0 radical (unpaired) electrons. The molecule has 1 aromatic heterocycles. The van der Waals surface area contributed by atoms with Crippen LogP contribution in [0.2, 0.25) is 0 Å². The predicted molar refractivity (Wildman–Crippen MR) is 81.1 cm³/mol. The molecule has 0 unspecified atom stereocenters. The Bertz CT molecular complexity index is 639. The van der Waals surface area contributed by atoms with Crippen molar-refractivity contribution in [1.82, 2.24) is 9.97 Å². The molecule has 104 valence electrons. The number of hydrogen-bond donors (Lipinski definition) is 1. The Kier molecular flexibility index (Phi) is 4.91. The maximum atomic E-state index is 11.0. The number of aromatic nitrogens is 2. The lowest BCUT2D eigenvalue weighted by Gasteiger charge is -2.08. The summed E-state index contributed by atoms with van der Waals surface area (Å²) in [5.41, 5.74) is 0.0630. The van der Waals surface area contributed by atoms with Crippen molar-refractivity contribution in [2.45, 2.75) is 16.8 Å². The Balaban J connectivity index is 2.36. The molecule has 0 saturated heterocycles. The van der Waals surface area contributed by atoms with Crippen LogP contribution in [0.5, 0.6) is 0 Å². The van der Waals surface area contributed by atoms with Gasteiger partial charge >= 0.3 is 0 Å². The summed E-state index contributed by atoms with van der Waals surface area (Å²) in [6.07, 6.45) is 1.43. The topological polar surface area (TPSA) is 81.0 Å². The number of nitro groups is 1. The number of para-hydroxylation sites is 1. The van der Waals surface area contributed by atoms with E-state index in [1.807, 2.05) is 6.92 Å². The zero-order valence-corrected chi connectivity index (χ0v) is 12.9. The van der Waals surface area contributed by atoms with E-state index in [-0.39, 0.29) is 5.69 Å². The minimum atomic E-state index is -0.400. The van der Waals surface area contributed by atoms with E-state index in [0.29, 0.717) is 20.2 Å². The van der Waals surface area contributed by atoms with Crippen LogP contribution in [0.15, 0.2) is 45.0 Å². The van der Waals surface area contributed by atoms with E-state index in [0.717, 1.165) is 6.54 Å². The molecule has 6 nitrogen and oxygen atoms in total. The van der Waals surface area contributed by atoms with E-state index >= 15 is 0 Å². The van der Waals surface area contributed by atoms with E-state index in [1.54, 1.807) is 18.2 Å². The van der Waals surface area contributed by atoms with Gasteiger partial charge in [0, 0.05) is 12.6 Å². The smallest absolute Gasteiger partial charge is 0.283 e. The van der Waals surface area contributed by atoms with Crippen LogP contribution in [0, 0.1) is 10.1 Å². The van der Waals surface area contributed by atoms with Crippen LogP contribution in [0.3, 0.4) is 0 Å². The third-order valence-corrected chi connectivity index (χ3v) is 4.45. The molecule has 1 aromatic carbocycles. The molecule has 0 aliphatic heterocycles. The van der Waals surface area contributed by atoms with Crippen LogP contribution < -0.4 is 5.32 Å². The van der Waals surface area contributed by atoms with Crippen LogP contribution in [-0.2, 0) is 0 Å². The molecule has 0 aliphatic rings. The molecule has 0 atom stereocenters. The second-order valence-corrected chi connectivity index (χ2v) is 5.52. The number of hydrogen-bond acceptors (Lipinski definition) is 6. The van der Waals surface area contributed by atoms with Crippen molar-refractivity contribution in [3.8, 4) is 0 Å². The first kappa shape index (κ1) is 14.7. The predicted octanol–water partition coefficient (Wildman–Crippen LogP) is 3.73. The Morgan fingerprint density at radius 3 is 2.85 bits per heavy atom. The summed E-state index contributed by atoms with van der Waals surface area (Å²) in [5, 5.41) is 14.7. The maximum Gasteiger partial charge on any atom is 0.283 e. The van der Waals surface area contributed by atoms with Gasteiger partial charge < -0.3 is 5.32 Å². The van der Waals surface area contributed by atoms with E-state index in [9.17, 15) is 10.1 Å². The van der Waals surface area contributed by atoms with Crippen LogP contribution in [-0.4, -0.2) is 21.4 Å². The molecule has 0 amide bonds. The summed E-state index contributed by atoms with van der Waals surface area (Å²) in [4.78, 5) is 19.4. The Morgan fingerprint density at radius 1 is 1.40 bits per heavy atom. The molecular formula is C12H11BrN4O2S. The summed E-state index contributed by atoms with van der Waals surface area (Å²) < 4.78 is 0.699. The van der Waals surface area contributed by atoms with Gasteiger partial charge in [-0.2, -0.15) is 0 Å². The van der Waals surface area contributed by atoms with E-state index < -0.39 is 4.92 Å². The van der Waals surface area contributed by atoms with Crippen molar-refractivity contribution in [2.75, 3.05) is 11.9 Å². The number of nitro benzene ring substituents is 1. The molecular weight excluding hydrogens is 344 g/mol. The van der Waals surface area contributed by atoms with Gasteiger partial charge in [-0.3, -0.25) is 10.1 Å². The second-order valence-electron chi connectivity index (χ2n) is 3.70. The highest BCUT2D eigenvalue weighted by Crippen LogP contribution is 2.38. The molecule has 0 aliphatic carbocycles. The molecule has 0 fully saturated rings. The summed E-state index contributed by atoms with van der Waals surface area (Å²) in [7, 11) is 0. The fourth-order valence-electron chi connectivity index (χ4n) is 1.51. The average Bonchev–Trinajstić information content (AvgIpc) is 2.44. The molecule has 2 aromatic rings. The number of benzene rings is 1. The third-order valence-electron chi connectivity index (χ3n) is 2.37. The number of rotatable bonds is 5. The van der Waals surface area contributed by atoms with E-state index in [2.05, 4.69) is 31.2 Å². The monoisotopic (exact) mass is 354 g/mol. The number of nitrogens with zero attached hydrogens (tertiary/aromatic N) is 3. The third kappa shape index (κ3) is 3.26. The van der Waals surface area contributed by atoms with Gasteiger partial charge in [-0.15, -0.1) is 0 Å². The van der Waals surface area contributed by atoms with Crippen molar-refractivity contribution in [3.05, 3.63) is 45.2 Å². The Hall–Kier alpha value is -1.67. The van der Waals surface area contributed by atoms with Gasteiger partial charge in [0.25, 0.3) is 5.69 Å². The summed E-state index contributed by atoms with van der Waals surface area (Å²) in [6, 6.07) is 6.57. The van der Waals surface area contributed by atoms with Crippen molar-refractivity contribution >= 4 is 39.2 Å². The molecule has 0 bridgehead atoms. The minimum absolute atomic E-state index is 0.0630. The molecule has 2 rings (SSSR count). The molecule has 20 heavy (non-hydrogen) atoms. The lowest BCUT2D eigenvalue weighted by Crippen LogP contribution is -2.01. The number of halogens is 1. The Labute approximate surface area is 128 Å². The summed E-state index contributed by atoms with van der Waals surface area (Å²) >= 11 is 4.65. The molecule has 1 N–H and O–H groups in total. The molecule has 1 heterocycles. The van der Waals surface area contributed by atoms with E-state index in [1.165, 1.54) is 24.2 Å². The quantitative estimate of drug-likeness (QED) is 0.500. The summed E-state index contributed by atoms with van der Waals surface area (Å²) in [5.74, 6) is 0.670. The first-order chi connectivity index (χ1) is 9.63. The van der Waals surface area contributed by atoms with Crippen LogP contribution >= 0.6 is 27.7 Å². The number of nitrogens with one attached hydrogen (secondary N) is 1. The highest BCUT2D eigenvalue weighted by molar-refractivity contribution is 9.10. The minimum Gasteiger partial charge on any atom is -0.369 e. The van der Waals surface area contributed by atoms with Gasteiger partial charge in [0.05, 0.1) is 14.3 Å². The lowest BCUT2D eigenvalue weighted by atomic mass is 10.3. The highest BCUT2D eigenvalue weighted by Gasteiger charge is 2.17. The lowest BCUT2D eigenvalue weighted by molar-refractivity contribution is -0.387. The fraction of sp³-hybridized carbons (Fsp3) is 0.167. The van der Waals surface area contributed by atoms with Gasteiger partial charge in [0.15, 0.2) is 0 Å². The van der Waals surface area contributed by atoms with E-state index in [4.69, 9.17) is 0 Å². The molecule has 0 spiro atoms. The maximum absolute atomic E-state index is 11.0. The van der Waals surface area contributed by atoms with Crippen LogP contribution in [0.4, 0.5) is 11.5 Å². The first-order valence-corrected chi connectivity index (χ1v) is 7.40. The van der Waals surface area contributed by atoms with Gasteiger partial charge in [0.1, 0.15) is 17.2 Å². The largest absolute Gasteiger partial charge is 0.369 e. The van der Waals surface area contributed by atoms with Crippen molar-refractivity contribution in [1.29, 1.82) is 0 Å². The van der Waals surface area contributed by atoms with Gasteiger partial charge in [0.2, 0.25) is 0 Å². The molecule has 8 heteroatoms. The first-order valence-electron chi connectivity index (χ1n) is 5.79. The van der Waals surface area contributed by atoms with Crippen molar-refractivity contribution in [3.63, 3.8) is 0 Å². The van der Waals surface area contributed by atoms with Crippen LogP contribution in [0.25, 0.3) is 0 Å². The zero-order chi connectivity index (χ0) is 14.5. The number of anilines is 1. The summed E-state index contributed by atoms with van der Waals surface area (Å²) in [6.45, 7) is 2.69. The second kappa shape index (κ2) is 6.67. The zero-order valence-electron chi connectivity index (χ0n) is 10.5. The average molecular weight is 355 g/mol. The van der Waals surface area contributed by atoms with Gasteiger partial charge in [-0.25, -0.2) is 9.97 Å². The SMILES string of the molecule is CCNc1ncnc(Sc2ccccc2[N+](=O)[O-])c1Br. The standard InChI is InChI=1S/C12H11BrN4O2S/c1-2-14-11-10(13)12(16-7-15-11)20-9-6-4-3-5-8(9)17(18)19/h3-7H,2H2,1H3,(H,14,15,16). The van der Waals surface area contributed by atoms with Crippen molar-refractivity contribution < 1.29 is 4.92 Å². The van der Waals surface area contributed by atoms with Crippen molar-refractivity contribution in [2.24, 2.45) is 0 Å². The highest BCUT2D eigenvalue weighted by atomic mass is 79.9. The van der Waals surface area contributed by atoms with Crippen LogP contribution in [0.1, 0.15) is 6.92 Å². The van der Waals surface area contributed by atoms with Gasteiger partial charge in [-0.05, 0) is 28.9 Å². The van der Waals surface area contributed by atoms with Gasteiger partial charge in [-0.1, -0.05) is 23.9 Å². The Morgan fingerprint density at radius 2 is 2.15 bits per heavy atom. The fourth-order valence-corrected chi connectivity index (χ4v) is 2.99. The molecule has 0 saturated carbocycles. The normalized spacial score (nSPS) is 10.3.